The Morgan fingerprint density at radius 1 is 0.953 bits per heavy atom. The standard InChI is InChI=1S/C30H27ClN4O8/c1-39-21-13-17(14-22(40-2)28(21)42-4)33-23(36)12-16-7-5-8-18(11-16)35-20-10-6-9-19(31)25(20)27-26(30(35)38)29(43-34-27)32-15-24(37)41-3/h5-11,13-14,32H,12,15H2,1-4H3,(H,33,36). The first-order valence-corrected chi connectivity index (χ1v) is 13.3. The van der Waals surface area contributed by atoms with Gasteiger partial charge in [0.05, 0.1) is 45.4 Å². The van der Waals surface area contributed by atoms with Crippen LogP contribution in [0.4, 0.5) is 11.6 Å². The van der Waals surface area contributed by atoms with Gasteiger partial charge in [0.15, 0.2) is 11.5 Å². The second-order valence-electron chi connectivity index (χ2n) is 9.25. The van der Waals surface area contributed by atoms with E-state index in [1.54, 1.807) is 54.6 Å². The summed E-state index contributed by atoms with van der Waals surface area (Å²) in [6.45, 7) is -0.239. The molecule has 0 unspecified atom stereocenters. The predicted molar refractivity (Wildman–Crippen MR) is 161 cm³/mol. The van der Waals surface area contributed by atoms with Crippen molar-refractivity contribution in [3.63, 3.8) is 0 Å². The molecular weight excluding hydrogens is 580 g/mol. The van der Waals surface area contributed by atoms with Crippen LogP contribution in [0.1, 0.15) is 5.56 Å². The van der Waals surface area contributed by atoms with E-state index in [0.29, 0.717) is 50.1 Å². The minimum Gasteiger partial charge on any atom is -0.493 e. The first-order chi connectivity index (χ1) is 20.8. The van der Waals surface area contributed by atoms with Crippen molar-refractivity contribution in [3.05, 3.63) is 75.5 Å². The van der Waals surface area contributed by atoms with E-state index in [0.717, 1.165) is 0 Å². The number of anilines is 2. The molecule has 2 heterocycles. The Bertz CT molecular complexity index is 1890. The number of methoxy groups -OCH3 is 4. The summed E-state index contributed by atoms with van der Waals surface area (Å²) in [6.07, 6.45) is -0.000611. The van der Waals surface area contributed by atoms with E-state index in [1.165, 1.54) is 33.0 Å². The van der Waals surface area contributed by atoms with Crippen molar-refractivity contribution >= 4 is 56.9 Å². The molecule has 0 saturated carbocycles. The maximum atomic E-state index is 13.9. The molecule has 222 valence electrons. The number of nitrogens with zero attached hydrogens (tertiary/aromatic N) is 2. The van der Waals surface area contributed by atoms with Crippen LogP contribution >= 0.6 is 11.6 Å². The topological polar surface area (TPSA) is 143 Å². The summed E-state index contributed by atoms with van der Waals surface area (Å²) in [5.41, 5.74) is 1.85. The quantitative estimate of drug-likeness (QED) is 0.217. The molecule has 0 fully saturated rings. The molecule has 0 atom stereocenters. The fourth-order valence-corrected chi connectivity index (χ4v) is 5.02. The summed E-state index contributed by atoms with van der Waals surface area (Å²) >= 11 is 6.58. The summed E-state index contributed by atoms with van der Waals surface area (Å²) in [7, 11) is 5.72. The molecule has 2 N–H and O–H groups in total. The third-order valence-electron chi connectivity index (χ3n) is 6.68. The van der Waals surface area contributed by atoms with E-state index in [1.807, 2.05) is 0 Å². The largest absolute Gasteiger partial charge is 0.493 e. The minimum absolute atomic E-state index is 0.000611. The molecule has 0 aliphatic rings. The lowest BCUT2D eigenvalue weighted by atomic mass is 10.1. The molecule has 0 bridgehead atoms. The van der Waals surface area contributed by atoms with Crippen LogP contribution in [0.3, 0.4) is 0 Å². The number of esters is 1. The maximum absolute atomic E-state index is 13.9. The number of benzene rings is 3. The van der Waals surface area contributed by atoms with Crippen molar-refractivity contribution in [3.8, 4) is 22.9 Å². The van der Waals surface area contributed by atoms with Crippen molar-refractivity contribution in [1.82, 2.24) is 9.72 Å². The van der Waals surface area contributed by atoms with E-state index in [2.05, 4.69) is 20.5 Å². The molecule has 43 heavy (non-hydrogen) atoms. The lowest BCUT2D eigenvalue weighted by molar-refractivity contribution is -0.138. The third-order valence-corrected chi connectivity index (χ3v) is 7.00. The number of aromatic nitrogens is 2. The highest BCUT2D eigenvalue weighted by atomic mass is 35.5. The number of ether oxygens (including phenoxy) is 4. The van der Waals surface area contributed by atoms with Gasteiger partial charge in [0.2, 0.25) is 17.5 Å². The van der Waals surface area contributed by atoms with E-state index < -0.39 is 11.5 Å². The van der Waals surface area contributed by atoms with Crippen molar-refractivity contribution < 1.29 is 33.1 Å². The summed E-state index contributed by atoms with van der Waals surface area (Å²) in [5, 5.41) is 10.6. The number of carbonyl (C=O) groups excluding carboxylic acids is 2. The first-order valence-electron chi connectivity index (χ1n) is 12.9. The van der Waals surface area contributed by atoms with Gasteiger partial charge in [0, 0.05) is 28.9 Å². The van der Waals surface area contributed by atoms with Gasteiger partial charge in [-0.25, -0.2) is 0 Å². The van der Waals surface area contributed by atoms with Gasteiger partial charge in [-0.05, 0) is 29.8 Å². The number of halogens is 1. The summed E-state index contributed by atoms with van der Waals surface area (Å²) < 4.78 is 27.6. The van der Waals surface area contributed by atoms with E-state index in [4.69, 9.17) is 30.3 Å². The average Bonchev–Trinajstić information content (AvgIpc) is 3.43. The summed E-state index contributed by atoms with van der Waals surface area (Å²) in [6, 6.07) is 15.4. The number of hydrogen-bond acceptors (Lipinski definition) is 10. The van der Waals surface area contributed by atoms with Gasteiger partial charge in [-0.15, -0.1) is 0 Å². The molecule has 2 aromatic heterocycles. The second-order valence-corrected chi connectivity index (χ2v) is 9.66. The van der Waals surface area contributed by atoms with Crippen LogP contribution in [0.25, 0.3) is 27.5 Å². The van der Waals surface area contributed by atoms with Crippen LogP contribution in [0, 0.1) is 0 Å². The Morgan fingerprint density at radius 2 is 1.67 bits per heavy atom. The van der Waals surface area contributed by atoms with E-state index >= 15 is 0 Å². The predicted octanol–water partition coefficient (Wildman–Crippen LogP) is 4.58. The van der Waals surface area contributed by atoms with Crippen LogP contribution in [0.2, 0.25) is 5.02 Å². The number of rotatable bonds is 10. The van der Waals surface area contributed by atoms with Crippen molar-refractivity contribution in [2.24, 2.45) is 0 Å². The Kier molecular flexibility index (Phi) is 8.39. The molecule has 0 radical (unpaired) electrons. The van der Waals surface area contributed by atoms with Gasteiger partial charge < -0.3 is 34.1 Å². The van der Waals surface area contributed by atoms with Crippen LogP contribution in [-0.4, -0.2) is 56.6 Å². The van der Waals surface area contributed by atoms with Crippen molar-refractivity contribution in [2.75, 3.05) is 45.6 Å². The number of hydrogen-bond donors (Lipinski definition) is 2. The van der Waals surface area contributed by atoms with Gasteiger partial charge >= 0.3 is 5.97 Å². The highest BCUT2D eigenvalue weighted by Crippen LogP contribution is 2.40. The highest BCUT2D eigenvalue weighted by molar-refractivity contribution is 6.37. The van der Waals surface area contributed by atoms with Gasteiger partial charge in [-0.1, -0.05) is 35.0 Å². The molecule has 1 amide bonds. The number of carbonyl (C=O) groups is 2. The summed E-state index contributed by atoms with van der Waals surface area (Å²) in [5.74, 6) is 0.336. The van der Waals surface area contributed by atoms with Crippen LogP contribution in [-0.2, 0) is 20.7 Å². The average molecular weight is 607 g/mol. The second kappa shape index (κ2) is 12.3. The molecule has 3 aromatic carbocycles. The molecule has 0 aliphatic heterocycles. The minimum atomic E-state index is -0.554. The smallest absolute Gasteiger partial charge is 0.325 e. The number of nitrogens with one attached hydrogen (secondary N) is 2. The number of amides is 1. The first kappa shape index (κ1) is 29.3. The molecule has 0 spiro atoms. The third kappa shape index (κ3) is 5.64. The zero-order chi connectivity index (χ0) is 30.7. The maximum Gasteiger partial charge on any atom is 0.325 e. The highest BCUT2D eigenvalue weighted by Gasteiger charge is 2.22. The fraction of sp³-hybridized carbons (Fsp3) is 0.200. The number of pyridine rings is 1. The lowest BCUT2D eigenvalue weighted by Crippen LogP contribution is -2.21. The molecule has 5 aromatic rings. The van der Waals surface area contributed by atoms with Gasteiger partial charge in [-0.3, -0.25) is 19.0 Å². The normalized spacial score (nSPS) is 10.9. The van der Waals surface area contributed by atoms with Crippen LogP contribution in [0.5, 0.6) is 17.2 Å². The van der Waals surface area contributed by atoms with Gasteiger partial charge in [0.25, 0.3) is 5.56 Å². The lowest BCUT2D eigenvalue weighted by Gasteiger charge is -2.15. The Morgan fingerprint density at radius 3 is 2.35 bits per heavy atom. The molecule has 5 rings (SSSR count). The number of fused-ring (bicyclic) bond motifs is 3. The zero-order valence-electron chi connectivity index (χ0n) is 23.6. The Balaban J connectivity index is 1.52. The fourth-order valence-electron chi connectivity index (χ4n) is 4.76. The molecular formula is C30H27ClN4O8. The Hall–Kier alpha value is -5.23. The molecule has 0 aliphatic carbocycles. The molecule has 12 nitrogen and oxygen atoms in total. The molecule has 13 heteroatoms. The van der Waals surface area contributed by atoms with Gasteiger partial charge in [-0.2, -0.15) is 0 Å². The zero-order valence-corrected chi connectivity index (χ0v) is 24.4. The SMILES string of the molecule is COC(=O)CNc1onc2c1c(=O)n(-c1cccc(CC(=O)Nc3cc(OC)c(OC)c(OC)c3)c1)c1cccc(Cl)c21. The van der Waals surface area contributed by atoms with E-state index in [-0.39, 0.29) is 35.7 Å². The summed E-state index contributed by atoms with van der Waals surface area (Å²) in [4.78, 5) is 38.7. The Labute approximate surface area is 250 Å². The van der Waals surface area contributed by atoms with Crippen LogP contribution < -0.4 is 30.4 Å². The monoisotopic (exact) mass is 606 g/mol. The van der Waals surface area contributed by atoms with Crippen LogP contribution in [0.15, 0.2) is 63.9 Å². The van der Waals surface area contributed by atoms with Crippen molar-refractivity contribution in [2.45, 2.75) is 6.42 Å². The molecule has 0 saturated heterocycles. The van der Waals surface area contributed by atoms with E-state index in [9.17, 15) is 14.4 Å². The van der Waals surface area contributed by atoms with Crippen molar-refractivity contribution in [1.29, 1.82) is 0 Å². The van der Waals surface area contributed by atoms with Gasteiger partial charge in [0.1, 0.15) is 17.4 Å².